The molecule has 1 aromatic carbocycles. The van der Waals surface area contributed by atoms with E-state index in [1.807, 2.05) is 11.0 Å². The van der Waals surface area contributed by atoms with Gasteiger partial charge < -0.3 is 10.2 Å². The minimum Gasteiger partial charge on any atom is -0.339 e. The predicted octanol–water partition coefficient (Wildman–Crippen LogP) is 3.28. The number of amides is 2. The van der Waals surface area contributed by atoms with E-state index in [1.165, 1.54) is 24.3 Å². The highest BCUT2D eigenvalue weighted by molar-refractivity contribution is 8.04. The number of thioether (sulfide) groups is 1. The van der Waals surface area contributed by atoms with Gasteiger partial charge in [-0.25, -0.2) is 0 Å². The van der Waals surface area contributed by atoms with Crippen LogP contribution < -0.4 is 5.32 Å². The molecule has 2 aliphatic heterocycles. The molecule has 1 fully saturated rings. The molecule has 1 saturated heterocycles. The van der Waals surface area contributed by atoms with Gasteiger partial charge in [0.15, 0.2) is 0 Å². The van der Waals surface area contributed by atoms with Crippen LogP contribution in [0.4, 0.5) is 5.69 Å². The van der Waals surface area contributed by atoms with Crippen LogP contribution in [-0.4, -0.2) is 29.8 Å². The third kappa shape index (κ3) is 3.24. The largest absolute Gasteiger partial charge is 0.339 e. The number of hydrogen-bond donors (Lipinski definition) is 1. The first-order chi connectivity index (χ1) is 10.1. The van der Waals surface area contributed by atoms with Crippen LogP contribution in [0.25, 0.3) is 0 Å². The lowest BCUT2D eigenvalue weighted by atomic mass is 10.1. The van der Waals surface area contributed by atoms with Crippen LogP contribution in [0.3, 0.4) is 0 Å². The summed E-state index contributed by atoms with van der Waals surface area (Å²) in [6.07, 6.45) is 4.69. The molecule has 0 bridgehead atoms. The third-order valence-electron chi connectivity index (χ3n) is 3.56. The zero-order chi connectivity index (χ0) is 14.8. The average molecular weight is 323 g/mol. The standard InChI is InChI=1S/C15H15ClN2O2S/c16-10-4-5-12-11(8-10)17-15(20)13(21-12)9-14(19)18-6-2-1-3-7-18/h4-5,8-9H,1-3,6-7H2,(H,17,20)/b13-9-. The van der Waals surface area contributed by atoms with Crippen LogP contribution in [0.2, 0.25) is 5.02 Å². The van der Waals surface area contributed by atoms with Gasteiger partial charge in [0, 0.05) is 29.1 Å². The zero-order valence-corrected chi connectivity index (χ0v) is 13.0. The number of benzene rings is 1. The smallest absolute Gasteiger partial charge is 0.262 e. The topological polar surface area (TPSA) is 49.4 Å². The fraction of sp³-hybridized carbons (Fsp3) is 0.333. The van der Waals surface area contributed by atoms with E-state index < -0.39 is 0 Å². The first-order valence-corrected chi connectivity index (χ1v) is 8.12. The molecule has 2 aliphatic rings. The molecule has 3 rings (SSSR count). The van der Waals surface area contributed by atoms with Crippen molar-refractivity contribution in [2.45, 2.75) is 24.2 Å². The summed E-state index contributed by atoms with van der Waals surface area (Å²) >= 11 is 7.22. The van der Waals surface area contributed by atoms with Gasteiger partial charge in [0.2, 0.25) is 5.91 Å². The van der Waals surface area contributed by atoms with Crippen molar-refractivity contribution in [1.82, 2.24) is 4.90 Å². The molecule has 0 radical (unpaired) electrons. The second-order valence-electron chi connectivity index (χ2n) is 5.09. The number of nitrogens with one attached hydrogen (secondary N) is 1. The monoisotopic (exact) mass is 322 g/mol. The Morgan fingerprint density at radius 2 is 2.05 bits per heavy atom. The third-order valence-corrected chi connectivity index (χ3v) is 4.89. The number of anilines is 1. The van der Waals surface area contributed by atoms with Crippen LogP contribution in [0.15, 0.2) is 34.1 Å². The number of halogens is 1. The Morgan fingerprint density at radius 1 is 1.29 bits per heavy atom. The minimum absolute atomic E-state index is 0.0789. The van der Waals surface area contributed by atoms with Crippen molar-refractivity contribution in [2.75, 3.05) is 18.4 Å². The molecule has 110 valence electrons. The lowest BCUT2D eigenvalue weighted by molar-refractivity contribution is -0.127. The minimum atomic E-state index is -0.250. The van der Waals surface area contributed by atoms with E-state index in [0.29, 0.717) is 15.6 Å². The highest BCUT2D eigenvalue weighted by Crippen LogP contribution is 2.39. The highest BCUT2D eigenvalue weighted by Gasteiger charge is 2.23. The summed E-state index contributed by atoms with van der Waals surface area (Å²) in [5.41, 5.74) is 0.695. The van der Waals surface area contributed by atoms with Crippen molar-refractivity contribution in [1.29, 1.82) is 0 Å². The molecular weight excluding hydrogens is 308 g/mol. The first kappa shape index (κ1) is 14.5. The molecule has 0 saturated carbocycles. The quantitative estimate of drug-likeness (QED) is 0.807. The summed E-state index contributed by atoms with van der Waals surface area (Å²) in [5, 5.41) is 3.35. The van der Waals surface area contributed by atoms with E-state index in [9.17, 15) is 9.59 Å². The van der Waals surface area contributed by atoms with E-state index in [1.54, 1.807) is 12.1 Å². The molecule has 0 aliphatic carbocycles. The van der Waals surface area contributed by atoms with Crippen molar-refractivity contribution >= 4 is 40.9 Å². The van der Waals surface area contributed by atoms with Gasteiger partial charge in [0.05, 0.1) is 10.6 Å². The summed E-state index contributed by atoms with van der Waals surface area (Å²) in [7, 11) is 0. The second kappa shape index (κ2) is 6.12. The van der Waals surface area contributed by atoms with Crippen molar-refractivity contribution in [2.24, 2.45) is 0 Å². The summed E-state index contributed by atoms with van der Waals surface area (Å²) in [6.45, 7) is 1.56. The number of piperidine rings is 1. The Bertz CT molecular complexity index is 624. The SMILES string of the molecule is O=C1Nc2cc(Cl)ccc2S/C1=C\C(=O)N1CCCCC1. The molecule has 0 atom stereocenters. The first-order valence-electron chi connectivity index (χ1n) is 6.93. The fourth-order valence-electron chi connectivity index (χ4n) is 2.45. The van der Waals surface area contributed by atoms with Crippen LogP contribution in [-0.2, 0) is 9.59 Å². The van der Waals surface area contributed by atoms with Gasteiger partial charge in [-0.05, 0) is 37.5 Å². The van der Waals surface area contributed by atoms with E-state index in [-0.39, 0.29) is 11.8 Å². The van der Waals surface area contributed by atoms with Gasteiger partial charge in [-0.15, -0.1) is 0 Å². The number of nitrogens with zero attached hydrogens (tertiary/aromatic N) is 1. The number of rotatable bonds is 1. The van der Waals surface area contributed by atoms with E-state index in [0.717, 1.165) is 30.8 Å². The maximum atomic E-state index is 12.2. The van der Waals surface area contributed by atoms with Crippen LogP contribution in [0, 0.1) is 0 Å². The maximum absolute atomic E-state index is 12.2. The normalized spacial score (nSPS) is 20.1. The second-order valence-corrected chi connectivity index (χ2v) is 6.61. The number of carbonyl (C=O) groups is 2. The maximum Gasteiger partial charge on any atom is 0.262 e. The highest BCUT2D eigenvalue weighted by atomic mass is 35.5. The van der Waals surface area contributed by atoms with Crippen LogP contribution >= 0.6 is 23.4 Å². The molecule has 0 spiro atoms. The predicted molar refractivity (Wildman–Crippen MR) is 84.5 cm³/mol. The van der Waals surface area contributed by atoms with Crippen molar-refractivity contribution in [3.8, 4) is 0 Å². The number of fused-ring (bicyclic) bond motifs is 1. The molecule has 2 amide bonds. The van der Waals surface area contributed by atoms with Crippen LogP contribution in [0.5, 0.6) is 0 Å². The molecular formula is C15H15ClN2O2S. The molecule has 6 heteroatoms. The lowest BCUT2D eigenvalue weighted by Crippen LogP contribution is -2.35. The van der Waals surface area contributed by atoms with Crippen molar-refractivity contribution in [3.63, 3.8) is 0 Å². The lowest BCUT2D eigenvalue weighted by Gasteiger charge is -2.26. The molecule has 2 heterocycles. The Balaban J connectivity index is 1.79. The summed E-state index contributed by atoms with van der Waals surface area (Å²) in [5.74, 6) is -0.329. The molecule has 0 unspecified atom stereocenters. The zero-order valence-electron chi connectivity index (χ0n) is 11.4. The van der Waals surface area contributed by atoms with Crippen molar-refractivity contribution < 1.29 is 9.59 Å². The number of carbonyl (C=O) groups excluding carboxylic acids is 2. The Labute approximate surface area is 132 Å². The molecule has 1 N–H and O–H groups in total. The Morgan fingerprint density at radius 3 is 2.81 bits per heavy atom. The van der Waals surface area contributed by atoms with Crippen LogP contribution in [0.1, 0.15) is 19.3 Å². The van der Waals surface area contributed by atoms with Gasteiger partial charge in [-0.1, -0.05) is 23.4 Å². The molecule has 21 heavy (non-hydrogen) atoms. The summed E-state index contributed by atoms with van der Waals surface area (Å²) < 4.78 is 0. The van der Waals surface area contributed by atoms with E-state index in [2.05, 4.69) is 5.32 Å². The van der Waals surface area contributed by atoms with Gasteiger partial charge in [-0.3, -0.25) is 9.59 Å². The summed E-state index contributed by atoms with van der Waals surface area (Å²) in [6, 6.07) is 5.33. The number of hydrogen-bond acceptors (Lipinski definition) is 3. The van der Waals surface area contributed by atoms with Gasteiger partial charge in [-0.2, -0.15) is 0 Å². The molecule has 1 aromatic rings. The van der Waals surface area contributed by atoms with Gasteiger partial charge in [0.1, 0.15) is 0 Å². The summed E-state index contributed by atoms with van der Waals surface area (Å²) in [4.78, 5) is 27.4. The number of likely N-dealkylation sites (tertiary alicyclic amines) is 1. The van der Waals surface area contributed by atoms with Gasteiger partial charge >= 0.3 is 0 Å². The Hall–Kier alpha value is -1.46. The van der Waals surface area contributed by atoms with Crippen molar-refractivity contribution in [3.05, 3.63) is 34.2 Å². The molecule has 0 aromatic heterocycles. The van der Waals surface area contributed by atoms with Gasteiger partial charge in [0.25, 0.3) is 5.91 Å². The van der Waals surface area contributed by atoms with E-state index >= 15 is 0 Å². The van der Waals surface area contributed by atoms with E-state index in [4.69, 9.17) is 11.6 Å². The fourth-order valence-corrected chi connectivity index (χ4v) is 3.52. The molecule has 4 nitrogen and oxygen atoms in total. The average Bonchev–Trinajstić information content (AvgIpc) is 2.49. The Kier molecular flexibility index (Phi) is 4.22.